The van der Waals surface area contributed by atoms with E-state index >= 15 is 0 Å². The lowest BCUT2D eigenvalue weighted by Gasteiger charge is -2.27. The van der Waals surface area contributed by atoms with Gasteiger partial charge in [-0.3, -0.25) is 4.79 Å². The van der Waals surface area contributed by atoms with Crippen LogP contribution in [0.15, 0.2) is 30.3 Å². The summed E-state index contributed by atoms with van der Waals surface area (Å²) in [4.78, 5) is 48.5. The van der Waals surface area contributed by atoms with E-state index < -0.39 is 47.7 Å². The number of likely N-dealkylation sites (tertiary alicyclic amines) is 1. The molecule has 1 saturated heterocycles. The Kier molecular flexibility index (Phi) is 5.73. The maximum atomic E-state index is 12.6. The molecule has 0 aromatic heterocycles. The smallest absolute Gasteiger partial charge is 0.417 e. The summed E-state index contributed by atoms with van der Waals surface area (Å²) in [6, 6.07) is 7.59. The van der Waals surface area contributed by atoms with E-state index in [4.69, 9.17) is 4.74 Å². The van der Waals surface area contributed by atoms with Crippen molar-refractivity contribution >= 4 is 24.1 Å². The maximum Gasteiger partial charge on any atom is 0.417 e. The van der Waals surface area contributed by atoms with Crippen molar-refractivity contribution < 1.29 is 38.9 Å². The Morgan fingerprint density at radius 1 is 1.28 bits per heavy atom. The van der Waals surface area contributed by atoms with Crippen molar-refractivity contribution in [1.82, 2.24) is 10.2 Å². The molecule has 0 bridgehead atoms. The van der Waals surface area contributed by atoms with E-state index in [0.29, 0.717) is 17.7 Å². The van der Waals surface area contributed by atoms with Crippen LogP contribution in [0.3, 0.4) is 0 Å². The topological polar surface area (TPSA) is 142 Å². The molecule has 0 spiro atoms. The molecular formula is C19H22N2O8. The lowest BCUT2D eigenvalue weighted by molar-refractivity contribution is -0.145. The SMILES string of the molecule is COC(=O)N1C(=O)C(C(O)C2(NC(=O)OCc3ccccc3)CC2)C[C@H]1C(=O)O. The first-order valence-electron chi connectivity index (χ1n) is 9.10. The standard InChI is InChI=1S/C19H22N2O8/c1-28-18(27)21-13(16(24)25)9-12(15(21)23)14(22)19(7-8-19)20-17(26)29-10-11-5-3-2-4-6-11/h2-6,12-14,22H,7-10H2,1H3,(H,20,26)(H,24,25)/t12?,13-,14?/m0/s1. The van der Waals surface area contributed by atoms with Crippen LogP contribution in [0.2, 0.25) is 0 Å². The number of amides is 3. The summed E-state index contributed by atoms with van der Waals surface area (Å²) in [6.45, 7) is 0.0401. The van der Waals surface area contributed by atoms with E-state index in [1.165, 1.54) is 0 Å². The van der Waals surface area contributed by atoms with E-state index in [1.54, 1.807) is 24.3 Å². The number of carboxylic acids is 1. The van der Waals surface area contributed by atoms with Crippen LogP contribution >= 0.6 is 0 Å². The average Bonchev–Trinajstić information content (AvgIpc) is 3.40. The summed E-state index contributed by atoms with van der Waals surface area (Å²) in [5, 5.41) is 22.7. The fourth-order valence-corrected chi connectivity index (χ4v) is 3.55. The highest BCUT2D eigenvalue weighted by molar-refractivity contribution is 6.00. The summed E-state index contributed by atoms with van der Waals surface area (Å²) >= 11 is 0. The predicted molar refractivity (Wildman–Crippen MR) is 96.5 cm³/mol. The number of carbonyl (C=O) groups excluding carboxylic acids is 3. The van der Waals surface area contributed by atoms with Gasteiger partial charge in [0.15, 0.2) is 0 Å². The second-order valence-corrected chi connectivity index (χ2v) is 7.16. The zero-order chi connectivity index (χ0) is 21.2. The second kappa shape index (κ2) is 8.08. The molecule has 1 aliphatic heterocycles. The van der Waals surface area contributed by atoms with Crippen LogP contribution in [-0.2, 0) is 25.7 Å². The lowest BCUT2D eigenvalue weighted by atomic mass is 9.91. The molecule has 1 heterocycles. The summed E-state index contributed by atoms with van der Waals surface area (Å²) < 4.78 is 9.64. The average molecular weight is 406 g/mol. The van der Waals surface area contributed by atoms with Crippen LogP contribution < -0.4 is 5.32 Å². The quantitative estimate of drug-likeness (QED) is 0.632. The number of ether oxygens (including phenoxy) is 2. The molecule has 3 rings (SSSR count). The fraction of sp³-hybridized carbons (Fsp3) is 0.474. The Labute approximate surface area is 166 Å². The highest BCUT2D eigenvalue weighted by atomic mass is 16.6. The van der Waals surface area contributed by atoms with Crippen molar-refractivity contribution in [3.05, 3.63) is 35.9 Å². The molecule has 1 aromatic rings. The highest BCUT2D eigenvalue weighted by Gasteiger charge is 2.59. The number of hydrogen-bond acceptors (Lipinski definition) is 7. The van der Waals surface area contributed by atoms with Crippen LogP contribution in [0, 0.1) is 5.92 Å². The van der Waals surface area contributed by atoms with Gasteiger partial charge in [0.25, 0.3) is 0 Å². The van der Waals surface area contributed by atoms with Crippen molar-refractivity contribution in [2.75, 3.05) is 7.11 Å². The van der Waals surface area contributed by atoms with Crippen molar-refractivity contribution in [3.8, 4) is 0 Å². The molecule has 29 heavy (non-hydrogen) atoms. The monoisotopic (exact) mass is 406 g/mol. The van der Waals surface area contributed by atoms with Crippen LogP contribution in [0.4, 0.5) is 9.59 Å². The lowest BCUT2D eigenvalue weighted by Crippen LogP contribution is -2.51. The zero-order valence-corrected chi connectivity index (χ0v) is 15.7. The molecule has 0 radical (unpaired) electrons. The number of carboxylic acid groups (broad SMARTS) is 1. The van der Waals surface area contributed by atoms with Gasteiger partial charge in [0.1, 0.15) is 12.6 Å². The van der Waals surface area contributed by atoms with Gasteiger partial charge < -0.3 is 25.0 Å². The summed E-state index contributed by atoms with van der Waals surface area (Å²) in [5.74, 6) is -3.38. The van der Waals surface area contributed by atoms with Gasteiger partial charge in [-0.25, -0.2) is 19.3 Å². The van der Waals surface area contributed by atoms with Gasteiger partial charge in [0.2, 0.25) is 5.91 Å². The minimum atomic E-state index is -1.43. The summed E-state index contributed by atoms with van der Waals surface area (Å²) in [6.07, 6.45) is -2.70. The predicted octanol–water partition coefficient (Wildman–Crippen LogP) is 0.874. The minimum absolute atomic E-state index is 0.0401. The third-order valence-electron chi connectivity index (χ3n) is 5.30. The number of nitrogens with zero attached hydrogens (tertiary/aromatic N) is 1. The Bertz CT molecular complexity index is 808. The first-order chi connectivity index (χ1) is 13.8. The molecule has 2 aliphatic rings. The molecule has 10 heteroatoms. The molecule has 156 valence electrons. The number of methoxy groups -OCH3 is 1. The Hall–Kier alpha value is -3.14. The molecule has 10 nitrogen and oxygen atoms in total. The number of rotatable bonds is 6. The number of alkyl carbamates (subject to hydrolysis) is 1. The van der Waals surface area contributed by atoms with E-state index in [1.807, 2.05) is 6.07 Å². The molecule has 2 unspecified atom stereocenters. The number of aliphatic hydroxyl groups is 1. The number of aliphatic carboxylic acids is 1. The summed E-state index contributed by atoms with van der Waals surface area (Å²) in [5.41, 5.74) is -0.305. The number of benzene rings is 1. The Morgan fingerprint density at radius 2 is 1.93 bits per heavy atom. The van der Waals surface area contributed by atoms with E-state index in [-0.39, 0.29) is 13.0 Å². The third kappa shape index (κ3) is 4.16. The van der Waals surface area contributed by atoms with Gasteiger partial charge in [-0.2, -0.15) is 0 Å². The molecule has 3 N–H and O–H groups in total. The zero-order valence-electron chi connectivity index (χ0n) is 15.7. The molecule has 1 saturated carbocycles. The molecule has 1 aliphatic carbocycles. The van der Waals surface area contributed by atoms with Gasteiger partial charge in [-0.15, -0.1) is 0 Å². The first-order valence-corrected chi connectivity index (χ1v) is 9.10. The van der Waals surface area contributed by atoms with Crippen LogP contribution in [0.25, 0.3) is 0 Å². The van der Waals surface area contributed by atoms with Crippen molar-refractivity contribution in [1.29, 1.82) is 0 Å². The number of aliphatic hydroxyl groups excluding tert-OH is 1. The molecular weight excluding hydrogens is 384 g/mol. The molecule has 3 amide bonds. The van der Waals surface area contributed by atoms with E-state index in [2.05, 4.69) is 10.1 Å². The maximum absolute atomic E-state index is 12.6. The van der Waals surface area contributed by atoms with Crippen molar-refractivity contribution in [2.45, 2.75) is 43.6 Å². The molecule has 3 atom stereocenters. The van der Waals surface area contributed by atoms with Crippen molar-refractivity contribution in [2.24, 2.45) is 5.92 Å². The fourth-order valence-electron chi connectivity index (χ4n) is 3.55. The first kappa shape index (κ1) is 20.6. The number of carbonyl (C=O) groups is 4. The van der Waals surface area contributed by atoms with Crippen LogP contribution in [0.5, 0.6) is 0 Å². The van der Waals surface area contributed by atoms with E-state index in [0.717, 1.165) is 12.7 Å². The normalized spacial score (nSPS) is 23.2. The Morgan fingerprint density at radius 3 is 2.48 bits per heavy atom. The second-order valence-electron chi connectivity index (χ2n) is 7.16. The van der Waals surface area contributed by atoms with Gasteiger partial charge >= 0.3 is 18.2 Å². The third-order valence-corrected chi connectivity index (χ3v) is 5.30. The van der Waals surface area contributed by atoms with Crippen molar-refractivity contribution in [3.63, 3.8) is 0 Å². The number of nitrogens with one attached hydrogen (secondary N) is 1. The van der Waals surface area contributed by atoms with Gasteiger partial charge in [-0.1, -0.05) is 30.3 Å². The summed E-state index contributed by atoms with van der Waals surface area (Å²) in [7, 11) is 1.03. The highest BCUT2D eigenvalue weighted by Crippen LogP contribution is 2.44. The van der Waals surface area contributed by atoms with Gasteiger partial charge in [0, 0.05) is 0 Å². The molecule has 1 aromatic carbocycles. The Balaban J connectivity index is 1.65. The molecule has 2 fully saturated rings. The van der Waals surface area contributed by atoms with Crippen LogP contribution in [-0.4, -0.2) is 64.0 Å². The number of imide groups is 1. The number of hydrogen-bond donors (Lipinski definition) is 3. The van der Waals surface area contributed by atoms with Gasteiger partial charge in [-0.05, 0) is 24.8 Å². The van der Waals surface area contributed by atoms with E-state index in [9.17, 15) is 29.4 Å². The largest absolute Gasteiger partial charge is 0.480 e. The van der Waals surface area contributed by atoms with Crippen LogP contribution in [0.1, 0.15) is 24.8 Å². The van der Waals surface area contributed by atoms with Gasteiger partial charge in [0.05, 0.1) is 24.7 Å². The minimum Gasteiger partial charge on any atom is -0.480 e.